The SMILES string of the molecule is CC(=O)O[C@H]1[C@@H](O[Si](C)(C)C(C)(C)C)[C@H](n2ccc(NC(=O)c3ccccc3)nc2=O)O[C@@H]1CO[Si](C)(C)C(C)(C)C. The number of ether oxygens (including phenoxy) is 2. The molecule has 1 aromatic heterocycles. The number of rotatable bonds is 9. The molecule has 1 aromatic carbocycles. The van der Waals surface area contributed by atoms with Crippen molar-refractivity contribution in [2.24, 2.45) is 0 Å². The number of esters is 1. The van der Waals surface area contributed by atoms with Crippen molar-refractivity contribution in [3.63, 3.8) is 0 Å². The van der Waals surface area contributed by atoms with Gasteiger partial charge in [0.2, 0.25) is 0 Å². The summed E-state index contributed by atoms with van der Waals surface area (Å²) in [6.45, 7) is 22.8. The van der Waals surface area contributed by atoms with Crippen molar-refractivity contribution in [2.75, 3.05) is 11.9 Å². The molecule has 1 aliphatic rings. The Hall–Kier alpha value is -2.65. The van der Waals surface area contributed by atoms with Gasteiger partial charge >= 0.3 is 11.7 Å². The number of aromatic nitrogens is 2. The van der Waals surface area contributed by atoms with E-state index in [1.165, 1.54) is 23.8 Å². The lowest BCUT2D eigenvalue weighted by Crippen LogP contribution is -2.51. The van der Waals surface area contributed by atoms with Gasteiger partial charge in [-0.3, -0.25) is 14.2 Å². The van der Waals surface area contributed by atoms with Gasteiger partial charge in [-0.1, -0.05) is 59.7 Å². The van der Waals surface area contributed by atoms with E-state index in [0.29, 0.717) is 5.56 Å². The van der Waals surface area contributed by atoms with E-state index in [-0.39, 0.29) is 28.4 Å². The van der Waals surface area contributed by atoms with Gasteiger partial charge in [-0.25, -0.2) is 4.79 Å². The highest BCUT2D eigenvalue weighted by Crippen LogP contribution is 2.43. The van der Waals surface area contributed by atoms with E-state index < -0.39 is 52.8 Å². The molecule has 2 heterocycles. The molecular weight excluding hydrogens is 571 g/mol. The van der Waals surface area contributed by atoms with E-state index in [0.717, 1.165) is 0 Å². The monoisotopic (exact) mass is 617 g/mol. The third kappa shape index (κ3) is 7.84. The summed E-state index contributed by atoms with van der Waals surface area (Å²) in [4.78, 5) is 42.4. The van der Waals surface area contributed by atoms with E-state index in [9.17, 15) is 14.4 Å². The Kier molecular flexibility index (Phi) is 10.1. The molecule has 12 heteroatoms. The molecule has 1 N–H and O–H groups in total. The van der Waals surface area contributed by atoms with Crippen molar-refractivity contribution in [3.8, 4) is 0 Å². The second kappa shape index (κ2) is 12.5. The smallest absolute Gasteiger partial charge is 0.351 e. The molecule has 2 aromatic rings. The summed E-state index contributed by atoms with van der Waals surface area (Å²) in [5.74, 6) is -0.747. The highest BCUT2D eigenvalue weighted by atomic mass is 28.4. The number of carbonyl (C=O) groups is 2. The summed E-state index contributed by atoms with van der Waals surface area (Å²) in [7, 11) is -4.62. The molecule has 10 nitrogen and oxygen atoms in total. The third-order valence-electron chi connectivity index (χ3n) is 8.62. The third-order valence-corrected chi connectivity index (χ3v) is 17.6. The number of hydrogen-bond donors (Lipinski definition) is 1. The number of anilines is 1. The Morgan fingerprint density at radius 3 is 2.07 bits per heavy atom. The molecule has 232 valence electrons. The number of carbonyl (C=O) groups excluding carboxylic acids is 2. The Bertz CT molecular complexity index is 1320. The van der Waals surface area contributed by atoms with Crippen molar-refractivity contribution in [3.05, 3.63) is 58.6 Å². The van der Waals surface area contributed by atoms with Gasteiger partial charge in [-0.15, -0.1) is 0 Å². The number of nitrogens with zero attached hydrogens (tertiary/aromatic N) is 2. The molecule has 0 unspecified atom stereocenters. The average Bonchev–Trinajstić information content (AvgIpc) is 3.17. The van der Waals surface area contributed by atoms with E-state index >= 15 is 0 Å². The lowest BCUT2D eigenvalue weighted by atomic mass is 10.1. The number of hydrogen-bond acceptors (Lipinski definition) is 8. The minimum atomic E-state index is -2.44. The molecular formula is C30H47N3O7Si2. The number of nitrogens with one attached hydrogen (secondary N) is 1. The Balaban J connectivity index is 1.99. The molecule has 0 aliphatic carbocycles. The number of benzene rings is 1. The highest BCUT2D eigenvalue weighted by molar-refractivity contribution is 6.74. The number of amides is 1. The van der Waals surface area contributed by atoms with Crippen LogP contribution in [0.1, 0.15) is 65.1 Å². The van der Waals surface area contributed by atoms with Crippen LogP contribution in [0.4, 0.5) is 5.82 Å². The summed E-state index contributed by atoms with van der Waals surface area (Å²) in [5.41, 5.74) is -0.193. The lowest BCUT2D eigenvalue weighted by Gasteiger charge is -2.40. The van der Waals surface area contributed by atoms with Crippen LogP contribution < -0.4 is 11.0 Å². The zero-order chi connectivity index (χ0) is 31.7. The van der Waals surface area contributed by atoms with Gasteiger partial charge in [0.1, 0.15) is 18.0 Å². The first-order valence-electron chi connectivity index (χ1n) is 14.3. The summed E-state index contributed by atoms with van der Waals surface area (Å²) in [6.07, 6.45) is -1.69. The summed E-state index contributed by atoms with van der Waals surface area (Å²) in [6, 6.07) is 10.2. The predicted molar refractivity (Wildman–Crippen MR) is 168 cm³/mol. The second-order valence-corrected chi connectivity index (χ2v) is 23.4. The van der Waals surface area contributed by atoms with Crippen molar-refractivity contribution < 1.29 is 27.9 Å². The maximum Gasteiger partial charge on any atom is 0.351 e. The fourth-order valence-electron chi connectivity index (χ4n) is 4.00. The fourth-order valence-corrected chi connectivity index (χ4v) is 6.30. The first kappa shape index (κ1) is 33.9. The van der Waals surface area contributed by atoms with Crippen molar-refractivity contribution in [2.45, 2.75) is 109 Å². The van der Waals surface area contributed by atoms with Gasteiger partial charge in [-0.05, 0) is 54.5 Å². The van der Waals surface area contributed by atoms with Crippen LogP contribution in [0.2, 0.25) is 36.3 Å². The van der Waals surface area contributed by atoms with E-state index in [1.54, 1.807) is 24.3 Å². The van der Waals surface area contributed by atoms with Gasteiger partial charge in [-0.2, -0.15) is 4.98 Å². The lowest BCUT2D eigenvalue weighted by molar-refractivity contribution is -0.153. The molecule has 3 rings (SSSR count). The standard InChI is InChI=1S/C30H47N3O7Si2/c1-20(34)38-24-22(19-37-41(8,9)29(2,3)4)39-27(25(24)40-42(10,11)30(5,6)7)33-18-17-23(32-28(33)36)31-26(35)21-15-13-12-14-16-21/h12-18,22,24-25,27H,19H2,1-11H3,(H,31,32,35,36)/t22-,24-,25-,27-/m1/s1. The molecule has 0 bridgehead atoms. The van der Waals surface area contributed by atoms with Crippen LogP contribution in [0.25, 0.3) is 0 Å². The fraction of sp³-hybridized carbons (Fsp3) is 0.600. The quantitative estimate of drug-likeness (QED) is 0.280. The molecule has 42 heavy (non-hydrogen) atoms. The zero-order valence-corrected chi connectivity index (χ0v) is 28.8. The highest BCUT2D eigenvalue weighted by Gasteiger charge is 2.53. The van der Waals surface area contributed by atoms with Gasteiger partial charge in [0, 0.05) is 18.7 Å². The minimum absolute atomic E-state index is 0.0418. The Morgan fingerprint density at radius 2 is 1.55 bits per heavy atom. The zero-order valence-electron chi connectivity index (χ0n) is 26.8. The molecule has 1 saturated heterocycles. The molecule has 4 atom stereocenters. The summed E-state index contributed by atoms with van der Waals surface area (Å²) >= 11 is 0. The summed E-state index contributed by atoms with van der Waals surface area (Å²) in [5, 5.41) is 2.46. The molecule has 0 spiro atoms. The maximum absolute atomic E-state index is 13.4. The summed E-state index contributed by atoms with van der Waals surface area (Å²) < 4.78 is 26.9. The van der Waals surface area contributed by atoms with Crippen LogP contribution in [0, 0.1) is 0 Å². The average molecular weight is 618 g/mol. The predicted octanol–water partition coefficient (Wildman–Crippen LogP) is 5.74. The Morgan fingerprint density at radius 1 is 0.952 bits per heavy atom. The topological polar surface area (TPSA) is 118 Å². The Labute approximate surface area is 251 Å². The van der Waals surface area contributed by atoms with Gasteiger partial charge in [0.05, 0.1) is 6.61 Å². The first-order valence-corrected chi connectivity index (χ1v) is 20.2. The van der Waals surface area contributed by atoms with E-state index in [4.69, 9.17) is 18.3 Å². The largest absolute Gasteiger partial charge is 0.457 e. The normalized spacial score (nSPS) is 21.7. The molecule has 0 saturated carbocycles. The van der Waals surface area contributed by atoms with Gasteiger partial charge in [0.15, 0.2) is 29.0 Å². The first-order chi connectivity index (χ1) is 19.2. The molecule has 0 radical (unpaired) electrons. The van der Waals surface area contributed by atoms with Crippen molar-refractivity contribution in [1.82, 2.24) is 9.55 Å². The van der Waals surface area contributed by atoms with Crippen LogP contribution in [-0.2, 0) is 23.1 Å². The van der Waals surface area contributed by atoms with Crippen molar-refractivity contribution in [1.29, 1.82) is 0 Å². The van der Waals surface area contributed by atoms with Crippen LogP contribution in [0.15, 0.2) is 47.4 Å². The molecule has 1 aliphatic heterocycles. The van der Waals surface area contributed by atoms with Gasteiger partial charge in [0.25, 0.3) is 5.91 Å². The maximum atomic E-state index is 13.4. The molecule has 1 amide bonds. The van der Waals surface area contributed by atoms with Crippen molar-refractivity contribution >= 4 is 34.3 Å². The van der Waals surface area contributed by atoms with E-state index in [2.05, 4.69) is 78.0 Å². The second-order valence-electron chi connectivity index (χ2n) is 13.9. The molecule has 1 fully saturated rings. The minimum Gasteiger partial charge on any atom is -0.457 e. The van der Waals surface area contributed by atoms with Crippen LogP contribution >= 0.6 is 0 Å². The van der Waals surface area contributed by atoms with Crippen LogP contribution in [0.5, 0.6) is 0 Å². The van der Waals surface area contributed by atoms with Gasteiger partial charge < -0.3 is 23.6 Å². The van der Waals surface area contributed by atoms with Crippen LogP contribution in [-0.4, -0.2) is 63.0 Å². The van der Waals surface area contributed by atoms with Crippen LogP contribution in [0.3, 0.4) is 0 Å². The van der Waals surface area contributed by atoms with E-state index in [1.807, 2.05) is 6.07 Å².